The highest BCUT2D eigenvalue weighted by molar-refractivity contribution is 8.18. The lowest BCUT2D eigenvalue weighted by atomic mass is 10.0. The zero-order valence-electron chi connectivity index (χ0n) is 18.7. The Labute approximate surface area is 199 Å². The number of amides is 3. The fraction of sp³-hybridized carbons (Fsp3) is 0.240. The smallest absolute Gasteiger partial charge is 0.293 e. The van der Waals surface area contributed by atoms with Crippen LogP contribution in [0.4, 0.5) is 4.79 Å². The molecular weight excluding hydrogens is 456 g/mol. The molecule has 0 bridgehead atoms. The zero-order chi connectivity index (χ0) is 23.8. The molecule has 0 radical (unpaired) electrons. The van der Waals surface area contributed by atoms with Crippen molar-refractivity contribution in [3.63, 3.8) is 0 Å². The molecule has 1 aromatic heterocycles. The third-order valence-electron chi connectivity index (χ3n) is 5.92. The molecule has 3 aromatic rings. The first-order valence-electron chi connectivity index (χ1n) is 10.8. The van der Waals surface area contributed by atoms with Crippen LogP contribution in [-0.2, 0) is 16.0 Å². The van der Waals surface area contributed by atoms with Crippen LogP contribution in [0, 0.1) is 13.8 Å². The van der Waals surface area contributed by atoms with Crippen LogP contribution < -0.4 is 14.8 Å². The Kier molecular flexibility index (Phi) is 5.79. The van der Waals surface area contributed by atoms with Crippen LogP contribution in [-0.4, -0.2) is 41.8 Å². The van der Waals surface area contributed by atoms with Gasteiger partial charge in [0.15, 0.2) is 11.5 Å². The molecule has 0 unspecified atom stereocenters. The number of carbonyl (C=O) groups is 3. The largest absolute Gasteiger partial charge is 0.464 e. The molecule has 174 valence electrons. The maximum atomic E-state index is 12.7. The van der Waals surface area contributed by atoms with Crippen molar-refractivity contribution in [2.24, 2.45) is 0 Å². The quantitative estimate of drug-likeness (QED) is 0.531. The number of nitrogens with zero attached hydrogens (tertiary/aromatic N) is 1. The minimum absolute atomic E-state index is 0.0966. The Hall–Kier alpha value is -3.72. The van der Waals surface area contributed by atoms with Gasteiger partial charge in [0, 0.05) is 24.0 Å². The van der Waals surface area contributed by atoms with Crippen molar-refractivity contribution in [1.29, 1.82) is 0 Å². The number of hydrogen-bond donors (Lipinski definition) is 1. The predicted octanol–water partition coefficient (Wildman–Crippen LogP) is 4.17. The highest BCUT2D eigenvalue weighted by atomic mass is 32.2. The van der Waals surface area contributed by atoms with Crippen molar-refractivity contribution in [3.8, 4) is 11.5 Å². The monoisotopic (exact) mass is 478 g/mol. The van der Waals surface area contributed by atoms with E-state index >= 15 is 0 Å². The van der Waals surface area contributed by atoms with Crippen LogP contribution in [0.5, 0.6) is 11.5 Å². The van der Waals surface area contributed by atoms with Gasteiger partial charge in [0.2, 0.25) is 12.7 Å². The average molecular weight is 479 g/mol. The summed E-state index contributed by atoms with van der Waals surface area (Å²) in [4.78, 5) is 39.0. The zero-order valence-corrected chi connectivity index (χ0v) is 19.5. The van der Waals surface area contributed by atoms with Crippen molar-refractivity contribution in [2.45, 2.75) is 20.3 Å². The summed E-state index contributed by atoms with van der Waals surface area (Å²) in [6.07, 6.45) is 3.41. The summed E-state index contributed by atoms with van der Waals surface area (Å²) in [5.41, 5.74) is 4.50. The average Bonchev–Trinajstić information content (AvgIpc) is 3.51. The molecular formula is C25H22N2O6S. The Morgan fingerprint density at radius 2 is 1.97 bits per heavy atom. The molecule has 0 spiro atoms. The summed E-state index contributed by atoms with van der Waals surface area (Å²) in [6.45, 7) is 4.43. The van der Waals surface area contributed by atoms with E-state index in [-0.39, 0.29) is 43.4 Å². The molecule has 0 aliphatic carbocycles. The van der Waals surface area contributed by atoms with Gasteiger partial charge in [-0.25, -0.2) is 0 Å². The van der Waals surface area contributed by atoms with E-state index in [1.807, 2.05) is 26.0 Å². The van der Waals surface area contributed by atoms with Crippen molar-refractivity contribution < 1.29 is 28.3 Å². The standard InChI is InChI=1S/C25H22N2O6S/c1-14-3-5-18-17(12-31-23(18)15(14)2)11-22(28)26-7-8-27-24(29)21(34-25(27)30)10-16-4-6-19-20(9-16)33-13-32-19/h3-6,9-10,12H,7-8,11,13H2,1-2H3,(H,26,28)/b21-10-. The van der Waals surface area contributed by atoms with Crippen LogP contribution in [0.1, 0.15) is 22.3 Å². The Bertz CT molecular complexity index is 1360. The SMILES string of the molecule is Cc1ccc2c(CC(=O)NCCN3C(=O)S/C(=C\c4ccc5c(c4)OCO5)C3=O)coc2c1C. The number of rotatable bonds is 6. The second-order valence-electron chi connectivity index (χ2n) is 8.12. The number of hydrogen-bond acceptors (Lipinski definition) is 7. The van der Waals surface area contributed by atoms with Crippen LogP contribution in [0.2, 0.25) is 0 Å². The molecule has 2 aliphatic rings. The summed E-state index contributed by atoms with van der Waals surface area (Å²) in [5, 5.41) is 3.34. The molecule has 1 fully saturated rings. The third-order valence-corrected chi connectivity index (χ3v) is 6.83. The van der Waals surface area contributed by atoms with E-state index in [1.54, 1.807) is 30.5 Å². The van der Waals surface area contributed by atoms with Gasteiger partial charge < -0.3 is 19.2 Å². The Morgan fingerprint density at radius 3 is 2.82 bits per heavy atom. The molecule has 2 aromatic carbocycles. The van der Waals surface area contributed by atoms with Crippen LogP contribution >= 0.6 is 11.8 Å². The highest BCUT2D eigenvalue weighted by Gasteiger charge is 2.34. The van der Waals surface area contributed by atoms with Crippen molar-refractivity contribution in [3.05, 3.63) is 63.8 Å². The van der Waals surface area contributed by atoms with Gasteiger partial charge in [-0.3, -0.25) is 19.3 Å². The number of carbonyl (C=O) groups excluding carboxylic acids is 3. The first-order chi connectivity index (χ1) is 16.4. The van der Waals surface area contributed by atoms with E-state index in [9.17, 15) is 14.4 Å². The number of nitrogens with one attached hydrogen (secondary N) is 1. The number of ether oxygens (including phenoxy) is 2. The summed E-state index contributed by atoms with van der Waals surface area (Å²) in [6, 6.07) is 9.28. The second kappa shape index (κ2) is 8.90. The van der Waals surface area contributed by atoms with E-state index in [0.717, 1.165) is 49.9 Å². The van der Waals surface area contributed by atoms with Crippen LogP contribution in [0.15, 0.2) is 45.9 Å². The fourth-order valence-electron chi connectivity index (χ4n) is 3.91. The maximum absolute atomic E-state index is 12.7. The van der Waals surface area contributed by atoms with Crippen molar-refractivity contribution in [1.82, 2.24) is 10.2 Å². The highest BCUT2D eigenvalue weighted by Crippen LogP contribution is 2.36. The second-order valence-corrected chi connectivity index (χ2v) is 9.11. The van der Waals surface area contributed by atoms with E-state index in [2.05, 4.69) is 5.32 Å². The van der Waals surface area contributed by atoms with E-state index in [1.165, 1.54) is 0 Å². The molecule has 8 nitrogen and oxygen atoms in total. The predicted molar refractivity (Wildman–Crippen MR) is 128 cm³/mol. The van der Waals surface area contributed by atoms with Crippen molar-refractivity contribution in [2.75, 3.05) is 19.9 Å². The molecule has 5 rings (SSSR count). The normalized spacial score (nSPS) is 16.2. The molecule has 3 heterocycles. The van der Waals surface area contributed by atoms with Gasteiger partial charge in [0.05, 0.1) is 17.6 Å². The minimum atomic E-state index is -0.381. The topological polar surface area (TPSA) is 98.1 Å². The molecule has 0 saturated carbocycles. The van der Waals surface area contributed by atoms with E-state index in [0.29, 0.717) is 16.4 Å². The summed E-state index contributed by atoms with van der Waals surface area (Å²) < 4.78 is 16.3. The van der Waals surface area contributed by atoms with Crippen LogP contribution in [0.25, 0.3) is 17.0 Å². The van der Waals surface area contributed by atoms with Gasteiger partial charge in [-0.1, -0.05) is 18.2 Å². The minimum Gasteiger partial charge on any atom is -0.464 e. The molecule has 9 heteroatoms. The van der Waals surface area contributed by atoms with Gasteiger partial charge in [-0.2, -0.15) is 0 Å². The Balaban J connectivity index is 1.18. The van der Waals surface area contributed by atoms with Gasteiger partial charge in [-0.15, -0.1) is 0 Å². The molecule has 0 atom stereocenters. The van der Waals surface area contributed by atoms with Crippen LogP contribution in [0.3, 0.4) is 0 Å². The summed E-state index contributed by atoms with van der Waals surface area (Å²) in [5.74, 6) is 0.665. The lowest BCUT2D eigenvalue weighted by Crippen LogP contribution is -2.37. The number of imide groups is 1. The molecule has 1 saturated heterocycles. The Morgan fingerprint density at radius 1 is 1.15 bits per heavy atom. The summed E-state index contributed by atoms with van der Waals surface area (Å²) in [7, 11) is 0. The van der Waals surface area contributed by atoms with Gasteiger partial charge >= 0.3 is 0 Å². The lowest BCUT2D eigenvalue weighted by molar-refractivity contribution is -0.124. The number of aryl methyl sites for hydroxylation is 2. The molecule has 2 aliphatic heterocycles. The van der Waals surface area contributed by atoms with Gasteiger partial charge in [0.1, 0.15) is 5.58 Å². The van der Waals surface area contributed by atoms with Crippen molar-refractivity contribution >= 4 is 45.9 Å². The van der Waals surface area contributed by atoms with Gasteiger partial charge in [-0.05, 0) is 60.5 Å². The molecule has 34 heavy (non-hydrogen) atoms. The lowest BCUT2D eigenvalue weighted by Gasteiger charge is -2.13. The van der Waals surface area contributed by atoms with E-state index in [4.69, 9.17) is 13.9 Å². The number of fused-ring (bicyclic) bond motifs is 2. The molecule has 1 N–H and O–H groups in total. The molecule has 3 amide bonds. The fourth-order valence-corrected chi connectivity index (χ4v) is 4.78. The third kappa shape index (κ3) is 4.14. The number of benzene rings is 2. The van der Waals surface area contributed by atoms with E-state index < -0.39 is 0 Å². The first kappa shape index (κ1) is 22.1. The first-order valence-corrected chi connectivity index (χ1v) is 11.6. The summed E-state index contributed by atoms with van der Waals surface area (Å²) >= 11 is 0.878. The number of thioether (sulfide) groups is 1. The maximum Gasteiger partial charge on any atom is 0.293 e. The van der Waals surface area contributed by atoms with Gasteiger partial charge in [0.25, 0.3) is 11.1 Å². The number of furan rings is 1.